The molecule has 2 heterocycles. The van der Waals surface area contributed by atoms with E-state index in [4.69, 9.17) is 15.6 Å². The van der Waals surface area contributed by atoms with Crippen LogP contribution < -0.4 is 22.1 Å². The fourth-order valence-electron chi connectivity index (χ4n) is 1.57. The number of hydrogen-bond acceptors (Lipinski definition) is 7. The van der Waals surface area contributed by atoms with Crippen LogP contribution in [0.5, 0.6) is 0 Å². The first-order valence-corrected chi connectivity index (χ1v) is 5.32. The van der Waals surface area contributed by atoms with E-state index in [1.807, 2.05) is 0 Å². The lowest BCUT2D eigenvalue weighted by Crippen LogP contribution is -2.42. The monoisotopic (exact) mass is 267 g/mol. The highest BCUT2D eigenvalue weighted by molar-refractivity contribution is 5.57. The summed E-state index contributed by atoms with van der Waals surface area (Å²) in [6, 6.07) is 1.36. The molecule has 0 fully saturated rings. The fraction of sp³-hybridized carbons (Fsp3) is 0.200. The van der Waals surface area contributed by atoms with E-state index >= 15 is 0 Å². The first-order valence-electron chi connectivity index (χ1n) is 5.32. The number of nitrogens with two attached hydrogens (primary N) is 1. The predicted octanol–water partition coefficient (Wildman–Crippen LogP) is -0.0478. The molecule has 6 N–H and O–H groups in total. The molecule has 9 heteroatoms. The number of nitrogens with zero attached hydrogens (tertiary/aromatic N) is 2. The van der Waals surface area contributed by atoms with Gasteiger partial charge in [0.05, 0.1) is 18.6 Å². The first-order chi connectivity index (χ1) is 8.93. The van der Waals surface area contributed by atoms with Gasteiger partial charge < -0.3 is 25.9 Å². The van der Waals surface area contributed by atoms with Crippen LogP contribution in [0.15, 0.2) is 27.8 Å². The maximum Gasteiger partial charge on any atom is 0.330 e. The average Bonchev–Trinajstić information content (AvgIpc) is 2.93. The Kier molecular flexibility index (Phi) is 2.95. The van der Waals surface area contributed by atoms with Crippen LogP contribution in [0.25, 0.3) is 0 Å². The standard InChI is InChI=1S/C10H13N5O4/c1-5(6-2-3-19-4-6)13-9-7(11)14(17)8(12)10(16)15(9)18/h2-5,12-13,17-18H,11H2,1H3. The Balaban J connectivity index is 2.47. The number of aromatic nitrogens is 2. The van der Waals surface area contributed by atoms with Gasteiger partial charge in [-0.1, -0.05) is 0 Å². The summed E-state index contributed by atoms with van der Waals surface area (Å²) in [5.74, 6) is -0.570. The molecule has 1 atom stereocenters. The van der Waals surface area contributed by atoms with Crippen molar-refractivity contribution >= 4 is 11.6 Å². The Bertz CT molecular complexity index is 700. The molecule has 102 valence electrons. The number of nitrogen functional groups attached to an aromatic ring is 1. The van der Waals surface area contributed by atoms with Gasteiger partial charge in [-0.25, -0.2) is 0 Å². The third-order valence-corrected chi connectivity index (χ3v) is 2.69. The van der Waals surface area contributed by atoms with Crippen LogP contribution in [0, 0.1) is 5.41 Å². The van der Waals surface area contributed by atoms with Crippen molar-refractivity contribution in [2.24, 2.45) is 0 Å². The van der Waals surface area contributed by atoms with Gasteiger partial charge in [-0.3, -0.25) is 10.2 Å². The molecular formula is C10H13N5O4. The molecule has 2 aromatic heterocycles. The number of rotatable bonds is 3. The molecule has 1 unspecified atom stereocenters. The molecule has 9 nitrogen and oxygen atoms in total. The summed E-state index contributed by atoms with van der Waals surface area (Å²) in [6.45, 7) is 1.74. The largest absolute Gasteiger partial charge is 0.472 e. The third-order valence-electron chi connectivity index (χ3n) is 2.69. The van der Waals surface area contributed by atoms with Crippen molar-refractivity contribution in [2.75, 3.05) is 11.1 Å². The van der Waals surface area contributed by atoms with Gasteiger partial charge in [0.1, 0.15) is 0 Å². The molecule has 0 amide bonds. The van der Waals surface area contributed by atoms with Crippen LogP contribution in [0.2, 0.25) is 0 Å². The Morgan fingerprint density at radius 3 is 2.74 bits per heavy atom. The van der Waals surface area contributed by atoms with Crippen molar-refractivity contribution in [3.8, 4) is 0 Å². The maximum atomic E-state index is 11.5. The van der Waals surface area contributed by atoms with Gasteiger partial charge in [0.2, 0.25) is 5.49 Å². The average molecular weight is 267 g/mol. The summed E-state index contributed by atoms with van der Waals surface area (Å²) < 4.78 is 5.29. The van der Waals surface area contributed by atoms with Gasteiger partial charge in [-0.2, -0.15) is 0 Å². The van der Waals surface area contributed by atoms with Gasteiger partial charge in [0.15, 0.2) is 11.6 Å². The summed E-state index contributed by atoms with van der Waals surface area (Å²) in [7, 11) is 0. The van der Waals surface area contributed by atoms with Crippen molar-refractivity contribution in [1.29, 1.82) is 5.41 Å². The van der Waals surface area contributed by atoms with Gasteiger partial charge in [-0.15, -0.1) is 9.46 Å². The minimum absolute atomic E-state index is 0.182. The van der Waals surface area contributed by atoms with Crippen LogP contribution in [0.1, 0.15) is 18.5 Å². The molecule has 2 aromatic rings. The van der Waals surface area contributed by atoms with E-state index in [9.17, 15) is 15.2 Å². The molecule has 0 saturated carbocycles. The van der Waals surface area contributed by atoms with Gasteiger partial charge in [0.25, 0.3) is 0 Å². The van der Waals surface area contributed by atoms with Crippen LogP contribution in [-0.2, 0) is 0 Å². The molecule has 19 heavy (non-hydrogen) atoms. The van der Waals surface area contributed by atoms with E-state index in [-0.39, 0.29) is 27.1 Å². The lowest BCUT2D eigenvalue weighted by molar-refractivity contribution is 0.143. The number of furan rings is 1. The first kappa shape index (κ1) is 12.6. The summed E-state index contributed by atoms with van der Waals surface area (Å²) in [5, 5.41) is 29.1. The quantitative estimate of drug-likeness (QED) is 0.493. The smallest absolute Gasteiger partial charge is 0.330 e. The van der Waals surface area contributed by atoms with Crippen molar-refractivity contribution in [3.63, 3.8) is 0 Å². The highest BCUT2D eigenvalue weighted by Crippen LogP contribution is 2.21. The molecule has 0 saturated heterocycles. The van der Waals surface area contributed by atoms with Crippen LogP contribution >= 0.6 is 0 Å². The van der Waals surface area contributed by atoms with Gasteiger partial charge in [0, 0.05) is 5.56 Å². The van der Waals surface area contributed by atoms with Crippen LogP contribution in [0.3, 0.4) is 0 Å². The van der Waals surface area contributed by atoms with E-state index in [2.05, 4.69) is 5.32 Å². The zero-order valence-corrected chi connectivity index (χ0v) is 9.99. The lowest BCUT2D eigenvalue weighted by atomic mass is 10.2. The Hall–Kier alpha value is -2.84. The van der Waals surface area contributed by atoms with Crippen LogP contribution in [0.4, 0.5) is 11.6 Å². The molecule has 0 aliphatic heterocycles. The molecular weight excluding hydrogens is 254 g/mol. The Labute approximate surface area is 106 Å². The summed E-state index contributed by atoms with van der Waals surface area (Å²) in [6.07, 6.45) is 2.96. The van der Waals surface area contributed by atoms with Gasteiger partial charge >= 0.3 is 5.56 Å². The summed E-state index contributed by atoms with van der Waals surface area (Å²) in [5.41, 5.74) is 4.35. The van der Waals surface area contributed by atoms with Crippen molar-refractivity contribution in [2.45, 2.75) is 13.0 Å². The second kappa shape index (κ2) is 4.44. The molecule has 0 spiro atoms. The molecule has 0 aliphatic carbocycles. The normalized spacial score (nSPS) is 12.3. The second-order valence-corrected chi connectivity index (χ2v) is 3.93. The Morgan fingerprint density at radius 1 is 1.47 bits per heavy atom. The minimum atomic E-state index is -1.10. The maximum absolute atomic E-state index is 11.5. The van der Waals surface area contributed by atoms with Crippen molar-refractivity contribution in [3.05, 3.63) is 40.0 Å². The van der Waals surface area contributed by atoms with E-state index in [1.54, 1.807) is 13.0 Å². The van der Waals surface area contributed by atoms with E-state index in [0.717, 1.165) is 5.56 Å². The number of nitrogens with one attached hydrogen (secondary N) is 2. The van der Waals surface area contributed by atoms with Crippen LogP contribution in [-0.4, -0.2) is 19.9 Å². The topological polar surface area (TPSA) is 142 Å². The molecule has 0 aromatic carbocycles. The second-order valence-electron chi connectivity index (χ2n) is 3.93. The highest BCUT2D eigenvalue weighted by atomic mass is 16.5. The molecule has 0 aliphatic rings. The fourth-order valence-corrected chi connectivity index (χ4v) is 1.57. The number of anilines is 2. The van der Waals surface area contributed by atoms with Crippen molar-refractivity contribution < 1.29 is 14.8 Å². The van der Waals surface area contributed by atoms with Gasteiger partial charge in [-0.05, 0) is 13.0 Å². The van der Waals surface area contributed by atoms with E-state index in [1.165, 1.54) is 12.5 Å². The lowest BCUT2D eigenvalue weighted by Gasteiger charge is -2.17. The molecule has 0 radical (unpaired) electrons. The van der Waals surface area contributed by atoms with E-state index in [0.29, 0.717) is 0 Å². The zero-order chi connectivity index (χ0) is 14.2. The summed E-state index contributed by atoms with van der Waals surface area (Å²) >= 11 is 0. The number of hydrogen-bond donors (Lipinski definition) is 5. The molecule has 0 bridgehead atoms. The zero-order valence-electron chi connectivity index (χ0n) is 9.99. The van der Waals surface area contributed by atoms with E-state index < -0.39 is 11.0 Å². The third kappa shape index (κ3) is 2.01. The van der Waals surface area contributed by atoms with Crippen molar-refractivity contribution in [1.82, 2.24) is 9.46 Å². The predicted molar refractivity (Wildman–Crippen MR) is 64.1 cm³/mol. The SMILES string of the molecule is CC(Nc1c(N)n(O)c(=N)c(=O)n1O)c1ccoc1. The minimum Gasteiger partial charge on any atom is -0.472 e. The summed E-state index contributed by atoms with van der Waals surface area (Å²) in [4.78, 5) is 11.5. The Morgan fingerprint density at radius 2 is 2.16 bits per heavy atom. The highest BCUT2D eigenvalue weighted by Gasteiger charge is 2.17. The molecule has 2 rings (SSSR count).